The third-order valence-electron chi connectivity index (χ3n) is 7.64. The van der Waals surface area contributed by atoms with Crippen molar-refractivity contribution in [1.82, 2.24) is 10.6 Å². The lowest BCUT2D eigenvalue weighted by atomic mass is 10.0. The van der Waals surface area contributed by atoms with Crippen molar-refractivity contribution in [3.05, 3.63) is 131 Å². The molecule has 4 aromatic carbocycles. The number of unbranched alkanes of at least 4 members (excludes halogenated alkanes) is 2. The van der Waals surface area contributed by atoms with Gasteiger partial charge in [-0.3, -0.25) is 4.79 Å². The molecular weight excluding hydrogens is 578 g/mol. The van der Waals surface area contributed by atoms with Gasteiger partial charge in [0.25, 0.3) is 0 Å². The molecule has 0 aliphatic heterocycles. The minimum Gasteiger partial charge on any atom is -0.487 e. The molecule has 242 valence electrons. The molecule has 4 rings (SSSR count). The van der Waals surface area contributed by atoms with E-state index in [9.17, 15) is 14.7 Å². The zero-order valence-corrected chi connectivity index (χ0v) is 26.3. The van der Waals surface area contributed by atoms with E-state index in [1.807, 2.05) is 66.7 Å². The lowest BCUT2D eigenvalue weighted by Gasteiger charge is -2.16. The van der Waals surface area contributed by atoms with Gasteiger partial charge in [-0.2, -0.15) is 0 Å². The number of aliphatic hydroxyl groups excluding tert-OH is 1. The van der Waals surface area contributed by atoms with Crippen LogP contribution in [0.5, 0.6) is 5.75 Å². The number of rotatable bonds is 20. The number of carbonyl (C=O) groups is 2. The Bertz CT molecular complexity index is 1450. The topological polar surface area (TPSA) is 109 Å². The molecule has 0 radical (unpaired) electrons. The molecule has 0 aromatic heterocycles. The van der Waals surface area contributed by atoms with Crippen LogP contribution < -0.4 is 20.7 Å². The Labute approximate surface area is 272 Å². The molecule has 8 nitrogen and oxygen atoms in total. The molecule has 2 amide bonds. The molecule has 0 saturated heterocycles. The number of hydrogen-bond acceptors (Lipinski definition) is 6. The van der Waals surface area contributed by atoms with Crippen LogP contribution in [0.4, 0.5) is 10.5 Å². The van der Waals surface area contributed by atoms with E-state index in [4.69, 9.17) is 9.47 Å². The molecule has 0 saturated carbocycles. The maximum absolute atomic E-state index is 11.9. The van der Waals surface area contributed by atoms with Gasteiger partial charge >= 0.3 is 6.09 Å². The molecule has 46 heavy (non-hydrogen) atoms. The van der Waals surface area contributed by atoms with Crippen molar-refractivity contribution < 1.29 is 24.2 Å². The van der Waals surface area contributed by atoms with Gasteiger partial charge in [0.05, 0.1) is 11.8 Å². The quantitative estimate of drug-likeness (QED) is 0.0642. The first-order valence-corrected chi connectivity index (χ1v) is 16.0. The monoisotopic (exact) mass is 623 g/mol. The third kappa shape index (κ3) is 12.4. The highest BCUT2D eigenvalue weighted by Gasteiger charge is 2.12. The Morgan fingerprint density at radius 3 is 1.96 bits per heavy atom. The van der Waals surface area contributed by atoms with Crippen LogP contribution in [0.3, 0.4) is 0 Å². The van der Waals surface area contributed by atoms with Crippen molar-refractivity contribution in [3.63, 3.8) is 0 Å². The number of hydrogen-bond donors (Lipinski definition) is 4. The Morgan fingerprint density at radius 1 is 0.717 bits per heavy atom. The van der Waals surface area contributed by atoms with Gasteiger partial charge in [-0.05, 0) is 85.0 Å². The second kappa shape index (κ2) is 19.7. The highest BCUT2D eigenvalue weighted by Crippen LogP contribution is 2.29. The molecular formula is C38H45N3O5. The van der Waals surface area contributed by atoms with Crippen molar-refractivity contribution in [2.45, 2.75) is 57.8 Å². The fraction of sp³-hybridized carbons (Fsp3) is 0.316. The lowest BCUT2D eigenvalue weighted by molar-refractivity contribution is -0.105. The normalized spacial score (nSPS) is 11.4. The molecule has 0 fully saturated rings. The van der Waals surface area contributed by atoms with Crippen molar-refractivity contribution in [2.75, 3.05) is 25.0 Å². The number of anilines is 1. The van der Waals surface area contributed by atoms with E-state index < -0.39 is 6.10 Å². The van der Waals surface area contributed by atoms with E-state index in [1.54, 1.807) is 12.1 Å². The summed E-state index contributed by atoms with van der Waals surface area (Å²) in [4.78, 5) is 23.0. The first-order valence-electron chi connectivity index (χ1n) is 16.0. The minimum absolute atomic E-state index is 0.281. The molecule has 0 unspecified atom stereocenters. The fourth-order valence-electron chi connectivity index (χ4n) is 5.02. The van der Waals surface area contributed by atoms with E-state index in [-0.39, 0.29) is 12.7 Å². The van der Waals surface area contributed by atoms with Gasteiger partial charge < -0.3 is 30.5 Å². The summed E-state index contributed by atoms with van der Waals surface area (Å²) in [5.74, 6) is 0.555. The fourth-order valence-corrected chi connectivity index (χ4v) is 5.02. The summed E-state index contributed by atoms with van der Waals surface area (Å²) in [5, 5.41) is 19.5. The van der Waals surface area contributed by atoms with E-state index in [1.165, 1.54) is 11.1 Å². The maximum atomic E-state index is 11.9. The summed E-state index contributed by atoms with van der Waals surface area (Å²) in [5.41, 5.74) is 5.86. The number of alkyl carbamates (subject to hydrolysis) is 1. The Balaban J connectivity index is 1.05. The summed E-state index contributed by atoms with van der Waals surface area (Å²) in [6.07, 6.45) is 5.46. The van der Waals surface area contributed by atoms with Crippen LogP contribution in [0, 0.1) is 0 Å². The molecule has 0 aliphatic carbocycles. The largest absolute Gasteiger partial charge is 0.487 e. The molecule has 1 atom stereocenters. The number of aliphatic hydroxyl groups is 1. The summed E-state index contributed by atoms with van der Waals surface area (Å²) in [6, 6.07) is 33.6. The first-order chi connectivity index (χ1) is 22.6. The van der Waals surface area contributed by atoms with Crippen LogP contribution in [0.2, 0.25) is 0 Å². The minimum atomic E-state index is -0.702. The Kier molecular flexibility index (Phi) is 14.6. The predicted molar refractivity (Wildman–Crippen MR) is 182 cm³/mol. The summed E-state index contributed by atoms with van der Waals surface area (Å²) < 4.78 is 11.1. The standard InChI is InChI=1S/C38H45N3O5/c42-29-41-35-25-34(21-22-37(35)45-27-32-13-3-1-4-14-32)36(43)26-39-23-9-7-11-30-17-19-31(20-18-30)12-8-10-24-40-38(44)46-28-33-15-5-2-6-16-33/h1-6,13-22,25,29,36,39,43H,7-12,23-24,26-28H2,(H,40,44)(H,41,42)/t36-/m0/s1. The van der Waals surface area contributed by atoms with Gasteiger partial charge in [-0.25, -0.2) is 4.79 Å². The number of aryl methyl sites for hydroxylation is 2. The van der Waals surface area contributed by atoms with Crippen LogP contribution in [0.1, 0.15) is 59.6 Å². The number of benzene rings is 4. The average Bonchev–Trinajstić information content (AvgIpc) is 3.09. The van der Waals surface area contributed by atoms with Crippen LogP contribution in [-0.4, -0.2) is 37.2 Å². The van der Waals surface area contributed by atoms with Crippen molar-refractivity contribution in [3.8, 4) is 5.75 Å². The van der Waals surface area contributed by atoms with Crippen LogP contribution in [0.25, 0.3) is 0 Å². The molecule has 4 aromatic rings. The number of nitrogens with one attached hydrogen (secondary N) is 3. The molecule has 4 N–H and O–H groups in total. The summed E-state index contributed by atoms with van der Waals surface area (Å²) in [7, 11) is 0. The van der Waals surface area contributed by atoms with Crippen LogP contribution >= 0.6 is 0 Å². The molecule has 8 heteroatoms. The third-order valence-corrected chi connectivity index (χ3v) is 7.64. The smallest absolute Gasteiger partial charge is 0.407 e. The van der Waals surface area contributed by atoms with Crippen molar-refractivity contribution in [2.24, 2.45) is 0 Å². The lowest BCUT2D eigenvalue weighted by Crippen LogP contribution is -2.25. The van der Waals surface area contributed by atoms with Crippen LogP contribution in [0.15, 0.2) is 103 Å². The number of amides is 2. The van der Waals surface area contributed by atoms with Crippen molar-refractivity contribution >= 4 is 18.2 Å². The zero-order chi connectivity index (χ0) is 32.2. The van der Waals surface area contributed by atoms with E-state index in [0.29, 0.717) is 43.1 Å². The number of carbonyl (C=O) groups excluding carboxylic acids is 2. The number of ether oxygens (including phenoxy) is 2. The van der Waals surface area contributed by atoms with Gasteiger partial charge in [0.15, 0.2) is 0 Å². The SMILES string of the molecule is O=CNc1cc([C@@H](O)CNCCCCc2ccc(CCCCNC(=O)OCc3ccccc3)cc2)ccc1OCc1ccccc1. The average molecular weight is 624 g/mol. The second-order valence-electron chi connectivity index (χ2n) is 11.2. The second-order valence-corrected chi connectivity index (χ2v) is 11.2. The Morgan fingerprint density at radius 2 is 1.33 bits per heavy atom. The highest BCUT2D eigenvalue weighted by atomic mass is 16.5. The molecule has 0 spiro atoms. The van der Waals surface area contributed by atoms with Gasteiger partial charge in [-0.1, -0.05) is 91.0 Å². The van der Waals surface area contributed by atoms with Gasteiger partial charge in [0.2, 0.25) is 6.41 Å². The molecule has 0 heterocycles. The highest BCUT2D eigenvalue weighted by molar-refractivity contribution is 5.76. The zero-order valence-electron chi connectivity index (χ0n) is 26.3. The van der Waals surface area contributed by atoms with Gasteiger partial charge in [-0.15, -0.1) is 0 Å². The van der Waals surface area contributed by atoms with Crippen LogP contribution in [-0.2, 0) is 35.6 Å². The summed E-state index contributed by atoms with van der Waals surface area (Å²) >= 11 is 0. The molecule has 0 bridgehead atoms. The van der Waals surface area contributed by atoms with Crippen molar-refractivity contribution in [1.29, 1.82) is 0 Å². The maximum Gasteiger partial charge on any atom is 0.407 e. The van der Waals surface area contributed by atoms with E-state index >= 15 is 0 Å². The summed E-state index contributed by atoms with van der Waals surface area (Å²) in [6.45, 7) is 2.50. The van der Waals surface area contributed by atoms with Gasteiger partial charge in [0, 0.05) is 13.1 Å². The Hall–Kier alpha value is -4.66. The first kappa shape index (κ1) is 34.2. The molecule has 0 aliphatic rings. The van der Waals surface area contributed by atoms with E-state index in [2.05, 4.69) is 40.2 Å². The van der Waals surface area contributed by atoms with Gasteiger partial charge in [0.1, 0.15) is 19.0 Å². The van der Waals surface area contributed by atoms with E-state index in [0.717, 1.165) is 56.2 Å². The predicted octanol–water partition coefficient (Wildman–Crippen LogP) is 6.73.